The van der Waals surface area contributed by atoms with Crippen LogP contribution in [0.2, 0.25) is 0 Å². The summed E-state index contributed by atoms with van der Waals surface area (Å²) < 4.78 is 5.49. The molecule has 1 aromatic heterocycles. The lowest BCUT2D eigenvalue weighted by Crippen LogP contribution is -2.31. The quantitative estimate of drug-likeness (QED) is 0.849. The van der Waals surface area contributed by atoms with E-state index < -0.39 is 0 Å². The van der Waals surface area contributed by atoms with Gasteiger partial charge in [-0.25, -0.2) is 9.78 Å². The van der Waals surface area contributed by atoms with Crippen LogP contribution in [0.5, 0.6) is 0 Å². The summed E-state index contributed by atoms with van der Waals surface area (Å²) in [5, 5.41) is 3.27. The second-order valence-electron chi connectivity index (χ2n) is 6.30. The van der Waals surface area contributed by atoms with Crippen molar-refractivity contribution in [3.8, 4) is 0 Å². The van der Waals surface area contributed by atoms with Gasteiger partial charge in [-0.2, -0.15) is 0 Å². The van der Waals surface area contributed by atoms with Crippen LogP contribution in [0.15, 0.2) is 48.7 Å². The molecular weight excluding hydrogens is 314 g/mol. The summed E-state index contributed by atoms with van der Waals surface area (Å²) in [5.74, 6) is 0.877. The molecule has 25 heavy (non-hydrogen) atoms. The maximum atomic E-state index is 12.5. The van der Waals surface area contributed by atoms with E-state index in [1.54, 1.807) is 0 Å². The molecule has 1 atom stereocenters. The molecule has 2 aromatic rings. The van der Waals surface area contributed by atoms with Gasteiger partial charge in [0.1, 0.15) is 12.4 Å². The number of pyridine rings is 1. The zero-order valence-corrected chi connectivity index (χ0v) is 14.6. The number of hydrogen-bond acceptors (Lipinski definition) is 4. The highest BCUT2D eigenvalue weighted by atomic mass is 16.6. The maximum absolute atomic E-state index is 12.5. The molecule has 5 nitrogen and oxygen atoms in total. The largest absolute Gasteiger partial charge is 0.445 e. The molecule has 0 unspecified atom stereocenters. The van der Waals surface area contributed by atoms with Crippen molar-refractivity contribution in [2.45, 2.75) is 38.8 Å². The topological polar surface area (TPSA) is 54.5 Å². The van der Waals surface area contributed by atoms with Gasteiger partial charge in [-0.05, 0) is 36.5 Å². The first kappa shape index (κ1) is 17.3. The number of nitrogens with zero attached hydrogens (tertiary/aromatic N) is 2. The van der Waals surface area contributed by atoms with Gasteiger partial charge in [0.25, 0.3) is 0 Å². The third kappa shape index (κ3) is 4.50. The Morgan fingerprint density at radius 3 is 2.84 bits per heavy atom. The van der Waals surface area contributed by atoms with Crippen LogP contribution in [0, 0.1) is 0 Å². The maximum Gasteiger partial charge on any atom is 0.410 e. The minimum absolute atomic E-state index is 0.0519. The summed E-state index contributed by atoms with van der Waals surface area (Å²) in [6, 6.07) is 13.9. The van der Waals surface area contributed by atoms with Gasteiger partial charge in [-0.15, -0.1) is 0 Å². The van der Waals surface area contributed by atoms with E-state index in [-0.39, 0.29) is 12.1 Å². The van der Waals surface area contributed by atoms with Gasteiger partial charge in [0, 0.05) is 19.3 Å². The number of ether oxygens (including phenoxy) is 1. The SMILES string of the molecule is CCCNc1ccc([C@@H]2CCCN2C(=O)OCc2ccccc2)cn1. The van der Waals surface area contributed by atoms with Crippen molar-refractivity contribution in [3.63, 3.8) is 0 Å². The van der Waals surface area contributed by atoms with E-state index in [4.69, 9.17) is 4.74 Å². The van der Waals surface area contributed by atoms with Gasteiger partial charge in [0.2, 0.25) is 0 Å². The smallest absolute Gasteiger partial charge is 0.410 e. The highest BCUT2D eigenvalue weighted by molar-refractivity contribution is 5.68. The monoisotopic (exact) mass is 339 g/mol. The molecule has 2 heterocycles. The highest BCUT2D eigenvalue weighted by Crippen LogP contribution is 2.32. The van der Waals surface area contributed by atoms with Crippen molar-refractivity contribution in [1.29, 1.82) is 0 Å². The summed E-state index contributed by atoms with van der Waals surface area (Å²) in [6.07, 6.45) is 4.61. The number of likely N-dealkylation sites (tertiary alicyclic amines) is 1. The van der Waals surface area contributed by atoms with Crippen LogP contribution in [0.25, 0.3) is 0 Å². The number of aromatic nitrogens is 1. The Labute approximate surface area is 149 Å². The molecule has 3 rings (SSSR count). The Morgan fingerprint density at radius 1 is 1.28 bits per heavy atom. The van der Waals surface area contributed by atoms with Gasteiger partial charge in [-0.1, -0.05) is 43.3 Å². The Morgan fingerprint density at radius 2 is 2.12 bits per heavy atom. The second kappa shape index (κ2) is 8.51. The zero-order chi connectivity index (χ0) is 17.5. The minimum Gasteiger partial charge on any atom is -0.445 e. The lowest BCUT2D eigenvalue weighted by Gasteiger charge is -2.24. The van der Waals surface area contributed by atoms with E-state index in [9.17, 15) is 4.79 Å². The van der Waals surface area contributed by atoms with Crippen LogP contribution in [0.4, 0.5) is 10.6 Å². The van der Waals surface area contributed by atoms with Crippen LogP contribution in [-0.2, 0) is 11.3 Å². The predicted octanol–water partition coefficient (Wildman–Crippen LogP) is 4.38. The van der Waals surface area contributed by atoms with E-state index in [2.05, 4.69) is 23.3 Å². The molecular formula is C20H25N3O2. The average Bonchev–Trinajstić information content (AvgIpc) is 3.15. The fourth-order valence-corrected chi connectivity index (χ4v) is 3.09. The first-order chi connectivity index (χ1) is 12.3. The first-order valence-electron chi connectivity index (χ1n) is 8.95. The Kier molecular flexibility index (Phi) is 5.88. The molecule has 0 saturated carbocycles. The summed E-state index contributed by atoms with van der Waals surface area (Å²) >= 11 is 0. The summed E-state index contributed by atoms with van der Waals surface area (Å²) in [5.41, 5.74) is 2.07. The van der Waals surface area contributed by atoms with E-state index in [1.165, 1.54) is 0 Å². The molecule has 1 N–H and O–H groups in total. The molecule has 1 aliphatic rings. The number of nitrogens with one attached hydrogen (secondary N) is 1. The number of rotatable bonds is 6. The number of amides is 1. The normalized spacial score (nSPS) is 16.7. The van der Waals surface area contributed by atoms with Gasteiger partial charge in [0.05, 0.1) is 6.04 Å². The molecule has 1 amide bonds. The van der Waals surface area contributed by atoms with E-state index >= 15 is 0 Å². The first-order valence-corrected chi connectivity index (χ1v) is 8.95. The van der Waals surface area contributed by atoms with Gasteiger partial charge < -0.3 is 15.0 Å². The molecule has 1 aromatic carbocycles. The minimum atomic E-state index is -0.250. The number of carbonyl (C=O) groups excluding carboxylic acids is 1. The van der Waals surface area contributed by atoms with E-state index in [0.717, 1.165) is 49.3 Å². The van der Waals surface area contributed by atoms with E-state index in [0.29, 0.717) is 6.61 Å². The second-order valence-corrected chi connectivity index (χ2v) is 6.30. The fraction of sp³-hybridized carbons (Fsp3) is 0.400. The molecule has 1 fully saturated rings. The number of benzene rings is 1. The molecule has 5 heteroatoms. The molecule has 0 bridgehead atoms. The third-order valence-electron chi connectivity index (χ3n) is 4.42. The van der Waals surface area contributed by atoms with Gasteiger partial charge in [0.15, 0.2) is 0 Å². The average molecular weight is 339 g/mol. The Bertz CT molecular complexity index is 673. The van der Waals surface area contributed by atoms with Crippen molar-refractivity contribution in [2.24, 2.45) is 0 Å². The van der Waals surface area contributed by atoms with Crippen molar-refractivity contribution in [1.82, 2.24) is 9.88 Å². The van der Waals surface area contributed by atoms with Crippen molar-refractivity contribution in [2.75, 3.05) is 18.4 Å². The molecule has 132 valence electrons. The number of hydrogen-bond donors (Lipinski definition) is 1. The molecule has 0 spiro atoms. The standard InChI is InChI=1S/C20H25N3O2/c1-2-12-21-19-11-10-17(14-22-19)18-9-6-13-23(18)20(24)25-15-16-7-4-3-5-8-16/h3-5,7-8,10-11,14,18H,2,6,9,12-13,15H2,1H3,(H,21,22)/t18-/m0/s1. The van der Waals surface area contributed by atoms with Crippen LogP contribution in [0.1, 0.15) is 43.4 Å². The molecule has 1 saturated heterocycles. The Balaban J connectivity index is 1.60. The molecule has 0 aliphatic carbocycles. The lowest BCUT2D eigenvalue weighted by atomic mass is 10.1. The number of carbonyl (C=O) groups is 1. The predicted molar refractivity (Wildman–Crippen MR) is 98.3 cm³/mol. The van der Waals surface area contributed by atoms with Gasteiger partial charge in [-0.3, -0.25) is 0 Å². The van der Waals surface area contributed by atoms with Gasteiger partial charge >= 0.3 is 6.09 Å². The Hall–Kier alpha value is -2.56. The van der Waals surface area contributed by atoms with Crippen molar-refractivity contribution >= 4 is 11.9 Å². The van der Waals surface area contributed by atoms with Crippen molar-refractivity contribution < 1.29 is 9.53 Å². The fourth-order valence-electron chi connectivity index (χ4n) is 3.09. The third-order valence-corrected chi connectivity index (χ3v) is 4.42. The van der Waals surface area contributed by atoms with Crippen LogP contribution >= 0.6 is 0 Å². The molecule has 1 aliphatic heterocycles. The van der Waals surface area contributed by atoms with Crippen LogP contribution in [-0.4, -0.2) is 29.1 Å². The lowest BCUT2D eigenvalue weighted by molar-refractivity contribution is 0.0920. The summed E-state index contributed by atoms with van der Waals surface area (Å²) in [7, 11) is 0. The van der Waals surface area contributed by atoms with E-state index in [1.807, 2.05) is 47.5 Å². The zero-order valence-electron chi connectivity index (χ0n) is 14.6. The van der Waals surface area contributed by atoms with Crippen LogP contribution < -0.4 is 5.32 Å². The van der Waals surface area contributed by atoms with Crippen molar-refractivity contribution in [3.05, 3.63) is 59.8 Å². The molecule has 0 radical (unpaired) electrons. The highest BCUT2D eigenvalue weighted by Gasteiger charge is 2.31. The number of anilines is 1. The summed E-state index contributed by atoms with van der Waals surface area (Å²) in [6.45, 7) is 4.07. The van der Waals surface area contributed by atoms with Crippen LogP contribution in [0.3, 0.4) is 0 Å². The summed E-state index contributed by atoms with van der Waals surface area (Å²) in [4.78, 5) is 18.8.